The van der Waals surface area contributed by atoms with Crippen LogP contribution in [0.3, 0.4) is 0 Å². The number of carboxylic acid groups (broad SMARTS) is 1. The summed E-state index contributed by atoms with van der Waals surface area (Å²) in [5, 5.41) is 14.9. The third-order valence-electron chi connectivity index (χ3n) is 5.81. The van der Waals surface area contributed by atoms with Gasteiger partial charge in [0, 0.05) is 17.7 Å². The Morgan fingerprint density at radius 3 is 2.46 bits per heavy atom. The van der Waals surface area contributed by atoms with Crippen LogP contribution in [0.15, 0.2) is 65.6 Å². The fourth-order valence-electron chi connectivity index (χ4n) is 3.67. The number of anilines is 2. The molecule has 41 heavy (non-hydrogen) atoms. The van der Waals surface area contributed by atoms with E-state index in [0.717, 1.165) is 0 Å². The molecule has 2 aromatic carbocycles. The lowest BCUT2D eigenvalue weighted by Crippen LogP contribution is -2.41. The number of nitrogens with zero attached hydrogens (tertiary/aromatic N) is 3. The number of hydrogen-bond acceptors (Lipinski definition) is 11. The number of nitrogen functional groups attached to an aromatic ring is 1. The van der Waals surface area contributed by atoms with Crippen LogP contribution < -0.4 is 21.9 Å². The van der Waals surface area contributed by atoms with E-state index in [1.807, 2.05) is 0 Å². The summed E-state index contributed by atoms with van der Waals surface area (Å²) in [6.07, 6.45) is 0.737. The Hall–Kier alpha value is -5.66. The number of carbonyl (C=O) groups excluding carboxylic acids is 3. The Kier molecular flexibility index (Phi) is 8.94. The molecule has 14 nitrogen and oxygen atoms in total. The Labute approximate surface area is 232 Å². The number of hydrogen-bond donors (Lipinski definition) is 5. The van der Waals surface area contributed by atoms with Gasteiger partial charge in [-0.25, -0.2) is 19.6 Å². The topological polar surface area (TPSA) is 219 Å². The quantitative estimate of drug-likeness (QED) is 0.122. The zero-order valence-electron chi connectivity index (χ0n) is 21.5. The maximum absolute atomic E-state index is 12.6. The first-order chi connectivity index (χ1) is 19.7. The third-order valence-corrected chi connectivity index (χ3v) is 5.81. The zero-order valence-corrected chi connectivity index (χ0v) is 21.5. The van der Waals surface area contributed by atoms with Gasteiger partial charge in [0.15, 0.2) is 11.2 Å². The number of nitrogens with one attached hydrogen (secondary N) is 3. The lowest BCUT2D eigenvalue weighted by atomic mass is 10.1. The second-order valence-corrected chi connectivity index (χ2v) is 8.80. The van der Waals surface area contributed by atoms with Crippen molar-refractivity contribution in [1.29, 1.82) is 0 Å². The van der Waals surface area contributed by atoms with Gasteiger partial charge in [-0.3, -0.25) is 19.4 Å². The van der Waals surface area contributed by atoms with Gasteiger partial charge in [0.1, 0.15) is 12.6 Å². The summed E-state index contributed by atoms with van der Waals surface area (Å²) < 4.78 is 4.96. The van der Waals surface area contributed by atoms with E-state index in [-0.39, 0.29) is 42.2 Å². The maximum Gasteiger partial charge on any atom is 0.374 e. The number of aliphatic carboxylic acids is 1. The Balaban J connectivity index is 1.28. The molecule has 0 spiro atoms. The molecular weight excluding hydrogens is 534 g/mol. The summed E-state index contributed by atoms with van der Waals surface area (Å²) in [5.74, 6) is -4.05. The molecule has 1 amide bonds. The number of aromatic nitrogens is 4. The molecule has 0 aliphatic heterocycles. The summed E-state index contributed by atoms with van der Waals surface area (Å²) in [6.45, 7) is 0.124. The second kappa shape index (κ2) is 12.9. The lowest BCUT2D eigenvalue weighted by molar-refractivity contribution is -0.155. The van der Waals surface area contributed by atoms with Crippen molar-refractivity contribution in [3.63, 3.8) is 0 Å². The molecule has 0 aliphatic carbocycles. The van der Waals surface area contributed by atoms with Gasteiger partial charge in [0.05, 0.1) is 18.4 Å². The first kappa shape index (κ1) is 28.4. The van der Waals surface area contributed by atoms with Crippen LogP contribution in [-0.2, 0) is 32.3 Å². The summed E-state index contributed by atoms with van der Waals surface area (Å²) in [6, 6.07) is 13.5. The van der Waals surface area contributed by atoms with E-state index in [1.54, 1.807) is 42.5 Å². The van der Waals surface area contributed by atoms with Crippen LogP contribution in [0.4, 0.5) is 11.6 Å². The molecule has 6 N–H and O–H groups in total. The molecule has 0 radical (unpaired) electrons. The second-order valence-electron chi connectivity index (χ2n) is 8.80. The molecule has 1 unspecified atom stereocenters. The smallest absolute Gasteiger partial charge is 0.374 e. The molecule has 14 heteroatoms. The SMILES string of the molecule is Nc1nc2ncc(CNc3ccc(C(=O)NC(CCC(=O)C(=O)OCc4ccccc4)C(=O)O)cc3)nc2c(=O)[nH]1. The molecule has 0 fully saturated rings. The summed E-state index contributed by atoms with van der Waals surface area (Å²) in [5.41, 5.74) is 7.11. The number of carboxylic acids is 1. The van der Waals surface area contributed by atoms with Crippen molar-refractivity contribution in [2.45, 2.75) is 32.0 Å². The van der Waals surface area contributed by atoms with Gasteiger partial charge in [-0.15, -0.1) is 0 Å². The van der Waals surface area contributed by atoms with Gasteiger partial charge in [-0.05, 0) is 36.2 Å². The van der Waals surface area contributed by atoms with Gasteiger partial charge >= 0.3 is 11.9 Å². The van der Waals surface area contributed by atoms with Gasteiger partial charge in [0.25, 0.3) is 11.5 Å². The van der Waals surface area contributed by atoms with Crippen LogP contribution in [-0.4, -0.2) is 54.7 Å². The van der Waals surface area contributed by atoms with Crippen molar-refractivity contribution >= 4 is 46.4 Å². The highest BCUT2D eigenvalue weighted by atomic mass is 16.5. The highest BCUT2D eigenvalue weighted by Crippen LogP contribution is 2.13. The fraction of sp³-hybridized carbons (Fsp3) is 0.185. The highest BCUT2D eigenvalue weighted by molar-refractivity contribution is 6.33. The van der Waals surface area contributed by atoms with Crippen molar-refractivity contribution in [1.82, 2.24) is 25.3 Å². The summed E-state index contributed by atoms with van der Waals surface area (Å²) >= 11 is 0. The Bertz CT molecular complexity index is 1640. The number of H-pyrrole nitrogens is 1. The normalized spacial score (nSPS) is 11.4. The fourth-order valence-corrected chi connectivity index (χ4v) is 3.67. The zero-order chi connectivity index (χ0) is 29.4. The molecule has 0 saturated heterocycles. The molecule has 4 rings (SSSR count). The standard InChI is InChI=1S/C27H25N7O7/c28-27-33-22-21(24(37)34-27)31-18(13-30-22)12-29-17-8-6-16(7-9-17)23(36)32-19(25(38)39)10-11-20(35)26(40)41-14-15-4-2-1-3-5-15/h1-9,13,19,29H,10-12,14H2,(H,32,36)(H,38,39)(H3,28,30,33,34,37). The summed E-state index contributed by atoms with van der Waals surface area (Å²) in [7, 11) is 0. The van der Waals surface area contributed by atoms with E-state index in [1.165, 1.54) is 18.3 Å². The number of esters is 1. The lowest BCUT2D eigenvalue weighted by Gasteiger charge is -2.14. The Morgan fingerprint density at radius 2 is 1.76 bits per heavy atom. The van der Waals surface area contributed by atoms with E-state index in [9.17, 15) is 29.1 Å². The number of aromatic amines is 1. The molecule has 0 aliphatic rings. The maximum atomic E-state index is 12.6. The van der Waals surface area contributed by atoms with Crippen LogP contribution in [0.2, 0.25) is 0 Å². The molecule has 1 atom stereocenters. The molecule has 4 aromatic rings. The monoisotopic (exact) mass is 559 g/mol. The number of amides is 1. The minimum Gasteiger partial charge on any atom is -0.480 e. The van der Waals surface area contributed by atoms with Gasteiger partial charge in [-0.1, -0.05) is 30.3 Å². The van der Waals surface area contributed by atoms with Crippen molar-refractivity contribution in [2.24, 2.45) is 0 Å². The summed E-state index contributed by atoms with van der Waals surface area (Å²) in [4.78, 5) is 75.0. The first-order valence-corrected chi connectivity index (χ1v) is 12.3. The van der Waals surface area contributed by atoms with Gasteiger partial charge in [-0.2, -0.15) is 4.98 Å². The van der Waals surface area contributed by atoms with Crippen LogP contribution in [0.25, 0.3) is 11.2 Å². The van der Waals surface area contributed by atoms with Crippen molar-refractivity contribution in [3.8, 4) is 0 Å². The Morgan fingerprint density at radius 1 is 1.02 bits per heavy atom. The number of ketones is 1. The van der Waals surface area contributed by atoms with E-state index < -0.39 is 41.7 Å². The van der Waals surface area contributed by atoms with Crippen molar-refractivity contribution < 1.29 is 29.0 Å². The largest absolute Gasteiger partial charge is 0.480 e. The predicted molar refractivity (Wildman–Crippen MR) is 146 cm³/mol. The first-order valence-electron chi connectivity index (χ1n) is 12.3. The van der Waals surface area contributed by atoms with E-state index in [0.29, 0.717) is 16.9 Å². The van der Waals surface area contributed by atoms with Crippen molar-refractivity contribution in [2.75, 3.05) is 11.1 Å². The number of ether oxygens (including phenoxy) is 1. The van der Waals surface area contributed by atoms with Crippen LogP contribution >= 0.6 is 0 Å². The number of rotatable bonds is 12. The average molecular weight is 560 g/mol. The minimum atomic E-state index is -1.40. The van der Waals surface area contributed by atoms with Crippen LogP contribution in [0, 0.1) is 0 Å². The molecule has 210 valence electrons. The van der Waals surface area contributed by atoms with Crippen molar-refractivity contribution in [3.05, 3.63) is 88.0 Å². The van der Waals surface area contributed by atoms with E-state index in [4.69, 9.17) is 10.5 Å². The number of fused-ring (bicyclic) bond motifs is 1. The molecular formula is C27H25N7O7. The molecule has 0 bridgehead atoms. The molecule has 2 heterocycles. The van der Waals surface area contributed by atoms with E-state index >= 15 is 0 Å². The van der Waals surface area contributed by atoms with Gasteiger partial charge < -0.3 is 26.2 Å². The molecule has 0 saturated carbocycles. The van der Waals surface area contributed by atoms with E-state index in [2.05, 4.69) is 30.6 Å². The number of nitrogens with two attached hydrogens (primary N) is 1. The number of benzene rings is 2. The number of carbonyl (C=O) groups is 4. The van der Waals surface area contributed by atoms with Crippen LogP contribution in [0.5, 0.6) is 0 Å². The number of Topliss-reactive ketones (excluding diaryl/α,β-unsaturated/α-hetero) is 1. The van der Waals surface area contributed by atoms with Gasteiger partial charge in [0.2, 0.25) is 11.7 Å². The molecule has 2 aromatic heterocycles. The highest BCUT2D eigenvalue weighted by Gasteiger charge is 2.24. The predicted octanol–water partition coefficient (Wildman–Crippen LogP) is 1.18. The van der Waals surface area contributed by atoms with Crippen LogP contribution in [0.1, 0.15) is 34.5 Å². The average Bonchev–Trinajstić information content (AvgIpc) is 2.97. The third kappa shape index (κ3) is 7.69. The minimum absolute atomic E-state index is 0.0456.